The van der Waals surface area contributed by atoms with E-state index < -0.39 is 12.1 Å². The molecule has 0 spiro atoms. The van der Waals surface area contributed by atoms with Gasteiger partial charge >= 0.3 is 0 Å². The molecule has 3 rings (SSSR count). The lowest BCUT2D eigenvalue weighted by Gasteiger charge is -2.22. The van der Waals surface area contributed by atoms with Crippen LogP contribution in [0.5, 0.6) is 5.75 Å². The molecule has 1 N–H and O–H groups in total. The Hall–Kier alpha value is -2.12. The number of methoxy groups -OCH3 is 1. The van der Waals surface area contributed by atoms with Crippen molar-refractivity contribution in [3.8, 4) is 5.75 Å². The van der Waals surface area contributed by atoms with E-state index in [0.29, 0.717) is 34.5 Å². The molecule has 2 heterocycles. The second-order valence-corrected chi connectivity index (χ2v) is 5.82. The van der Waals surface area contributed by atoms with Gasteiger partial charge in [-0.15, -0.1) is 0 Å². The highest BCUT2D eigenvalue weighted by molar-refractivity contribution is 6.31. The van der Waals surface area contributed by atoms with E-state index in [1.54, 1.807) is 25.1 Å². The summed E-state index contributed by atoms with van der Waals surface area (Å²) in [6.07, 6.45) is -0.308. The van der Waals surface area contributed by atoms with Crippen molar-refractivity contribution in [2.45, 2.75) is 25.5 Å². The molecular weight excluding hydrogens is 322 g/mol. The summed E-state index contributed by atoms with van der Waals surface area (Å²) in [6.45, 7) is 1.88. The Morgan fingerprint density at radius 2 is 2.30 bits per heavy atom. The molecule has 1 aliphatic rings. The fraction of sp³-hybridized carbons (Fsp3) is 0.400. The molecule has 1 fully saturated rings. The van der Waals surface area contributed by atoms with E-state index >= 15 is 0 Å². The summed E-state index contributed by atoms with van der Waals surface area (Å²) in [5.74, 6) is 0.908. The van der Waals surface area contributed by atoms with Gasteiger partial charge in [-0.05, 0) is 25.1 Å². The molecule has 122 valence electrons. The number of benzene rings is 1. The van der Waals surface area contributed by atoms with Crippen LogP contribution in [0.1, 0.15) is 34.5 Å². The number of likely N-dealkylation sites (tertiary alicyclic amines) is 1. The van der Waals surface area contributed by atoms with E-state index in [1.807, 2.05) is 0 Å². The molecule has 2 atom stereocenters. The number of carbonyl (C=O) groups excluding carboxylic acids is 1. The Morgan fingerprint density at radius 3 is 2.96 bits per heavy atom. The Kier molecular flexibility index (Phi) is 4.23. The molecule has 2 aromatic rings. The normalized spacial score (nSPS) is 20.8. The van der Waals surface area contributed by atoms with Crippen LogP contribution in [0.4, 0.5) is 0 Å². The molecule has 0 radical (unpaired) electrons. The Morgan fingerprint density at radius 1 is 1.52 bits per heavy atom. The van der Waals surface area contributed by atoms with E-state index in [1.165, 1.54) is 12.0 Å². The van der Waals surface area contributed by atoms with Crippen LogP contribution in [0.15, 0.2) is 22.7 Å². The zero-order valence-electron chi connectivity index (χ0n) is 12.7. The first kappa shape index (κ1) is 15.8. The van der Waals surface area contributed by atoms with Crippen molar-refractivity contribution >= 4 is 17.5 Å². The number of ether oxygens (including phenoxy) is 1. The maximum absolute atomic E-state index is 12.9. The van der Waals surface area contributed by atoms with Gasteiger partial charge in [0, 0.05) is 18.0 Å². The number of aryl methyl sites for hydroxylation is 1. The van der Waals surface area contributed by atoms with Gasteiger partial charge in [0.15, 0.2) is 5.82 Å². The zero-order valence-corrected chi connectivity index (χ0v) is 13.4. The third-order valence-electron chi connectivity index (χ3n) is 3.76. The lowest BCUT2D eigenvalue weighted by molar-refractivity contribution is 0.0690. The number of aliphatic hydroxyl groups is 1. The van der Waals surface area contributed by atoms with Crippen molar-refractivity contribution in [3.63, 3.8) is 0 Å². The molecule has 1 aromatic carbocycles. The lowest BCUT2D eigenvalue weighted by Crippen LogP contribution is -2.32. The largest absolute Gasteiger partial charge is 0.496 e. The van der Waals surface area contributed by atoms with Gasteiger partial charge in [-0.3, -0.25) is 4.79 Å². The number of β-amino-alcohol motifs (C(OH)–C–C–N with tert-alkyl or cyclic N) is 1. The molecule has 23 heavy (non-hydrogen) atoms. The summed E-state index contributed by atoms with van der Waals surface area (Å²) in [5, 5.41) is 14.2. The Labute approximate surface area is 137 Å². The first-order chi connectivity index (χ1) is 11.0. The van der Waals surface area contributed by atoms with Gasteiger partial charge in [-0.1, -0.05) is 16.8 Å². The van der Waals surface area contributed by atoms with Gasteiger partial charge in [0.25, 0.3) is 5.91 Å². The Bertz CT molecular complexity index is 733. The first-order valence-electron chi connectivity index (χ1n) is 7.12. The van der Waals surface area contributed by atoms with E-state index in [4.69, 9.17) is 20.9 Å². The van der Waals surface area contributed by atoms with Gasteiger partial charge < -0.3 is 19.3 Å². The van der Waals surface area contributed by atoms with Crippen LogP contribution in [0.3, 0.4) is 0 Å². The molecule has 8 heteroatoms. The summed E-state index contributed by atoms with van der Waals surface area (Å²) in [6, 6.07) is 4.36. The summed E-state index contributed by atoms with van der Waals surface area (Å²) in [7, 11) is 1.48. The van der Waals surface area contributed by atoms with E-state index in [-0.39, 0.29) is 12.5 Å². The molecule has 1 saturated heterocycles. The van der Waals surface area contributed by atoms with Gasteiger partial charge in [-0.2, -0.15) is 4.98 Å². The highest BCUT2D eigenvalue weighted by atomic mass is 35.5. The van der Waals surface area contributed by atoms with Gasteiger partial charge in [-0.25, -0.2) is 0 Å². The van der Waals surface area contributed by atoms with Gasteiger partial charge in [0.1, 0.15) is 11.8 Å². The SMILES string of the molecule is COc1ccc(Cl)cc1C(=O)N1C[C@H](O)C[C@@H]1c1nc(C)no1. The average Bonchev–Trinajstić information content (AvgIpc) is 3.12. The molecule has 0 saturated carbocycles. The summed E-state index contributed by atoms with van der Waals surface area (Å²) in [5.41, 5.74) is 0.329. The highest BCUT2D eigenvalue weighted by Gasteiger charge is 2.39. The number of hydrogen-bond acceptors (Lipinski definition) is 6. The molecule has 7 nitrogen and oxygen atoms in total. The van der Waals surface area contributed by atoms with E-state index in [2.05, 4.69) is 10.1 Å². The van der Waals surface area contributed by atoms with Crippen molar-refractivity contribution < 1.29 is 19.2 Å². The molecule has 0 unspecified atom stereocenters. The van der Waals surface area contributed by atoms with Crippen LogP contribution in [0.2, 0.25) is 5.02 Å². The van der Waals surface area contributed by atoms with Crippen LogP contribution in [-0.4, -0.2) is 45.8 Å². The molecular formula is C15H16ClN3O4. The van der Waals surface area contributed by atoms with E-state index in [0.717, 1.165) is 0 Å². The highest BCUT2D eigenvalue weighted by Crippen LogP contribution is 2.34. The minimum atomic E-state index is -0.652. The number of nitrogens with zero attached hydrogens (tertiary/aromatic N) is 3. The van der Waals surface area contributed by atoms with Crippen molar-refractivity contribution in [1.82, 2.24) is 15.0 Å². The van der Waals surface area contributed by atoms with Crippen LogP contribution >= 0.6 is 11.6 Å². The monoisotopic (exact) mass is 337 g/mol. The quantitative estimate of drug-likeness (QED) is 0.921. The number of rotatable bonds is 3. The fourth-order valence-corrected chi connectivity index (χ4v) is 2.89. The number of aliphatic hydroxyl groups excluding tert-OH is 1. The fourth-order valence-electron chi connectivity index (χ4n) is 2.72. The number of carbonyl (C=O) groups is 1. The number of halogens is 1. The predicted octanol–water partition coefficient (Wildman–Crippen LogP) is 1.99. The van der Waals surface area contributed by atoms with E-state index in [9.17, 15) is 9.90 Å². The second kappa shape index (κ2) is 6.17. The van der Waals surface area contributed by atoms with Crippen molar-refractivity contribution in [2.75, 3.05) is 13.7 Å². The molecule has 1 aliphatic heterocycles. The molecule has 0 aliphatic carbocycles. The first-order valence-corrected chi connectivity index (χ1v) is 7.50. The molecule has 0 bridgehead atoms. The third kappa shape index (κ3) is 3.02. The van der Waals surface area contributed by atoms with Crippen LogP contribution in [-0.2, 0) is 0 Å². The average molecular weight is 338 g/mol. The standard InChI is InChI=1S/C15H16ClN3O4/c1-8-17-14(23-18-8)12-6-10(20)7-19(12)15(21)11-5-9(16)3-4-13(11)22-2/h3-5,10,12,20H,6-7H2,1-2H3/t10-,12-/m1/s1. The minimum absolute atomic E-state index is 0.181. The third-order valence-corrected chi connectivity index (χ3v) is 4.00. The topological polar surface area (TPSA) is 88.7 Å². The molecule has 1 aromatic heterocycles. The summed E-state index contributed by atoms with van der Waals surface area (Å²) < 4.78 is 10.4. The second-order valence-electron chi connectivity index (χ2n) is 5.39. The maximum Gasteiger partial charge on any atom is 0.258 e. The maximum atomic E-state index is 12.9. The lowest BCUT2D eigenvalue weighted by atomic mass is 10.1. The van der Waals surface area contributed by atoms with Crippen LogP contribution in [0, 0.1) is 6.92 Å². The predicted molar refractivity (Wildman–Crippen MR) is 81.4 cm³/mol. The number of amides is 1. The van der Waals surface area contributed by atoms with Crippen LogP contribution < -0.4 is 4.74 Å². The summed E-state index contributed by atoms with van der Waals surface area (Å²) in [4.78, 5) is 18.6. The number of hydrogen-bond donors (Lipinski definition) is 1. The minimum Gasteiger partial charge on any atom is -0.496 e. The molecule has 1 amide bonds. The van der Waals surface area contributed by atoms with Crippen molar-refractivity contribution in [2.24, 2.45) is 0 Å². The summed E-state index contributed by atoms with van der Waals surface area (Å²) >= 11 is 5.99. The van der Waals surface area contributed by atoms with Gasteiger partial charge in [0.05, 0.1) is 18.8 Å². The number of aromatic nitrogens is 2. The van der Waals surface area contributed by atoms with Crippen molar-refractivity contribution in [1.29, 1.82) is 0 Å². The smallest absolute Gasteiger partial charge is 0.258 e. The van der Waals surface area contributed by atoms with Crippen LogP contribution in [0.25, 0.3) is 0 Å². The van der Waals surface area contributed by atoms with Crippen molar-refractivity contribution in [3.05, 3.63) is 40.5 Å². The zero-order chi connectivity index (χ0) is 16.6. The Balaban J connectivity index is 1.95. The van der Waals surface area contributed by atoms with Gasteiger partial charge in [0.2, 0.25) is 5.89 Å².